The van der Waals surface area contributed by atoms with Gasteiger partial charge in [-0.1, -0.05) is 11.3 Å². The zero-order valence-electron chi connectivity index (χ0n) is 19.6. The second-order valence-corrected chi connectivity index (χ2v) is 11.8. The first-order chi connectivity index (χ1) is 16.8. The fourth-order valence-electron chi connectivity index (χ4n) is 4.07. The largest absolute Gasteiger partial charge is 0.493 e. The van der Waals surface area contributed by atoms with Crippen LogP contribution in [-0.4, -0.2) is 62.0 Å². The first kappa shape index (κ1) is 25.7. The molecule has 8 nitrogen and oxygen atoms in total. The second-order valence-electron chi connectivity index (χ2n) is 7.88. The highest BCUT2D eigenvalue weighted by atomic mass is 32.2. The van der Waals surface area contributed by atoms with E-state index in [1.165, 1.54) is 27.8 Å². The minimum absolute atomic E-state index is 0.0466. The summed E-state index contributed by atoms with van der Waals surface area (Å²) < 4.78 is 54.5. The fraction of sp³-hybridized carbons (Fsp3) is 0.391. The van der Waals surface area contributed by atoms with Gasteiger partial charge in [-0.05, 0) is 43.4 Å². The summed E-state index contributed by atoms with van der Waals surface area (Å²) >= 11 is 3.01. The predicted molar refractivity (Wildman–Crippen MR) is 135 cm³/mol. The number of halogens is 1. The van der Waals surface area contributed by atoms with E-state index in [1.807, 2.05) is 23.0 Å². The van der Waals surface area contributed by atoms with Crippen molar-refractivity contribution in [1.29, 1.82) is 0 Å². The number of hydrogen-bond acceptors (Lipinski definition) is 7. The van der Waals surface area contributed by atoms with Gasteiger partial charge in [-0.2, -0.15) is 21.1 Å². The van der Waals surface area contributed by atoms with E-state index in [0.29, 0.717) is 35.7 Å². The Morgan fingerprint density at radius 1 is 1.20 bits per heavy atom. The molecule has 1 fully saturated rings. The Balaban J connectivity index is 1.75. The monoisotopic (exact) mass is 539 g/mol. The number of hydrogen-bond donors (Lipinski definition) is 0. The second kappa shape index (κ2) is 10.7. The molecule has 1 unspecified atom stereocenters. The summed E-state index contributed by atoms with van der Waals surface area (Å²) in [5.41, 5.74) is 0.857. The van der Waals surface area contributed by atoms with Crippen molar-refractivity contribution < 1.29 is 27.1 Å². The molecule has 0 aliphatic carbocycles. The van der Waals surface area contributed by atoms with Gasteiger partial charge in [-0.3, -0.25) is 4.79 Å². The third kappa shape index (κ3) is 5.11. The van der Waals surface area contributed by atoms with E-state index in [0.717, 1.165) is 28.1 Å². The lowest BCUT2D eigenvalue weighted by Crippen LogP contribution is -2.40. The number of methoxy groups -OCH3 is 2. The van der Waals surface area contributed by atoms with Gasteiger partial charge in [0.2, 0.25) is 10.0 Å². The minimum atomic E-state index is -3.96. The highest BCUT2D eigenvalue weighted by Gasteiger charge is 2.39. The zero-order valence-corrected chi connectivity index (χ0v) is 22.0. The summed E-state index contributed by atoms with van der Waals surface area (Å²) in [4.78, 5) is 18.2. The van der Waals surface area contributed by atoms with Crippen molar-refractivity contribution in [2.75, 3.05) is 32.8 Å². The number of benzene rings is 2. The molecule has 1 saturated heterocycles. The van der Waals surface area contributed by atoms with Crippen LogP contribution in [0.5, 0.6) is 11.5 Å². The third-order valence-corrected chi connectivity index (χ3v) is 9.38. The van der Waals surface area contributed by atoms with Gasteiger partial charge in [-0.25, -0.2) is 12.8 Å². The Hall–Kier alpha value is -2.41. The molecule has 1 aromatic heterocycles. The van der Waals surface area contributed by atoms with Crippen LogP contribution in [-0.2, 0) is 21.4 Å². The van der Waals surface area contributed by atoms with E-state index in [1.54, 1.807) is 26.0 Å². The van der Waals surface area contributed by atoms with Gasteiger partial charge in [0, 0.05) is 31.0 Å². The summed E-state index contributed by atoms with van der Waals surface area (Å²) in [5.74, 6) is 0.901. The van der Waals surface area contributed by atoms with Crippen LogP contribution in [0.1, 0.15) is 12.8 Å². The molecule has 1 amide bonds. The highest BCUT2D eigenvalue weighted by molar-refractivity contribution is 7.98. The molecule has 4 rings (SSSR count). The first-order valence-corrected chi connectivity index (χ1v) is 14.6. The highest BCUT2D eigenvalue weighted by Crippen LogP contribution is 2.33. The van der Waals surface area contributed by atoms with Crippen LogP contribution < -0.4 is 14.3 Å². The van der Waals surface area contributed by atoms with Gasteiger partial charge in [0.15, 0.2) is 16.3 Å². The Morgan fingerprint density at radius 2 is 1.89 bits per heavy atom. The normalized spacial score (nSPS) is 17.3. The number of sulfonamides is 1. The summed E-state index contributed by atoms with van der Waals surface area (Å²) in [7, 11) is -0.840. The quantitative estimate of drug-likeness (QED) is 0.435. The van der Waals surface area contributed by atoms with Crippen molar-refractivity contribution in [2.24, 2.45) is 4.99 Å². The third-order valence-electron chi connectivity index (χ3n) is 5.82. The minimum Gasteiger partial charge on any atom is -0.493 e. The van der Waals surface area contributed by atoms with E-state index in [2.05, 4.69) is 4.99 Å². The van der Waals surface area contributed by atoms with E-state index >= 15 is 0 Å². The number of carbonyl (C=O) groups is 1. The average molecular weight is 540 g/mol. The number of ether oxygens (including phenoxy) is 2. The predicted octanol–water partition coefficient (Wildman–Crippen LogP) is 3.50. The van der Waals surface area contributed by atoms with Gasteiger partial charge in [0.1, 0.15) is 11.9 Å². The molecule has 0 bridgehead atoms. The van der Waals surface area contributed by atoms with Crippen LogP contribution in [0.2, 0.25) is 0 Å². The van der Waals surface area contributed by atoms with Gasteiger partial charge in [0.25, 0.3) is 5.91 Å². The summed E-state index contributed by atoms with van der Waals surface area (Å²) in [6.07, 6.45) is 2.91. The number of aryl methyl sites for hydroxylation is 1. The molecular weight excluding hydrogens is 513 g/mol. The SMILES string of the molecule is COc1cc2sc(=NC(=O)C3CCCN3S(=O)(=O)c3ccc(F)cc3)n(CCSC)c2cc1OC. The lowest BCUT2D eigenvalue weighted by Gasteiger charge is -2.21. The summed E-state index contributed by atoms with van der Waals surface area (Å²) in [6.45, 7) is 0.823. The molecule has 3 aromatic rings. The number of amides is 1. The lowest BCUT2D eigenvalue weighted by molar-refractivity contribution is -0.121. The Kier molecular flexibility index (Phi) is 7.84. The summed E-state index contributed by atoms with van der Waals surface area (Å²) in [5, 5.41) is 0. The molecule has 0 saturated carbocycles. The molecule has 0 N–H and O–H groups in total. The van der Waals surface area contributed by atoms with Crippen LogP contribution in [0.15, 0.2) is 46.3 Å². The maximum absolute atomic E-state index is 13.3. The molecule has 12 heteroatoms. The Morgan fingerprint density at radius 3 is 2.54 bits per heavy atom. The van der Waals surface area contributed by atoms with E-state index in [9.17, 15) is 17.6 Å². The topological polar surface area (TPSA) is 90.2 Å². The fourth-order valence-corrected chi connectivity index (χ4v) is 7.15. The summed E-state index contributed by atoms with van der Waals surface area (Å²) in [6, 6.07) is 7.41. The van der Waals surface area contributed by atoms with Crippen LogP contribution in [0, 0.1) is 5.82 Å². The van der Waals surface area contributed by atoms with Crippen molar-refractivity contribution in [2.45, 2.75) is 30.3 Å². The molecule has 1 aliphatic rings. The Bertz CT molecular complexity index is 1400. The number of thioether (sulfide) groups is 1. The number of rotatable bonds is 8. The molecule has 35 heavy (non-hydrogen) atoms. The van der Waals surface area contributed by atoms with Crippen molar-refractivity contribution in [3.8, 4) is 11.5 Å². The number of carbonyl (C=O) groups excluding carboxylic acids is 1. The van der Waals surface area contributed by atoms with Crippen molar-refractivity contribution in [1.82, 2.24) is 8.87 Å². The smallest absolute Gasteiger partial charge is 0.266 e. The Labute approximate surface area is 211 Å². The van der Waals surface area contributed by atoms with Gasteiger partial charge >= 0.3 is 0 Å². The maximum Gasteiger partial charge on any atom is 0.266 e. The van der Waals surface area contributed by atoms with Gasteiger partial charge in [-0.15, -0.1) is 0 Å². The molecule has 1 atom stereocenters. The number of thiazole rings is 1. The van der Waals surface area contributed by atoms with Crippen molar-refractivity contribution >= 4 is 49.2 Å². The van der Waals surface area contributed by atoms with Crippen molar-refractivity contribution in [3.05, 3.63) is 47.0 Å². The zero-order chi connectivity index (χ0) is 25.2. The van der Waals surface area contributed by atoms with Gasteiger partial charge in [0.05, 0.1) is 29.3 Å². The van der Waals surface area contributed by atoms with Crippen LogP contribution in [0.4, 0.5) is 4.39 Å². The molecule has 1 aliphatic heterocycles. The van der Waals surface area contributed by atoms with Crippen molar-refractivity contribution in [3.63, 3.8) is 0 Å². The molecule has 2 heterocycles. The molecule has 0 spiro atoms. The number of nitrogens with zero attached hydrogens (tertiary/aromatic N) is 3. The first-order valence-electron chi connectivity index (χ1n) is 10.9. The van der Waals surface area contributed by atoms with E-state index < -0.39 is 27.8 Å². The van der Waals surface area contributed by atoms with Gasteiger partial charge < -0.3 is 14.0 Å². The number of fused-ring (bicyclic) bond motifs is 1. The molecule has 0 radical (unpaired) electrons. The van der Waals surface area contributed by atoms with Crippen LogP contribution in [0.3, 0.4) is 0 Å². The lowest BCUT2D eigenvalue weighted by atomic mass is 10.2. The van der Waals surface area contributed by atoms with E-state index in [-0.39, 0.29) is 11.4 Å². The molecular formula is C23H26FN3O5S3. The standard InChI is InChI=1S/C23H26FN3O5S3/c1-31-19-13-18-21(14-20(19)32-2)34-23(26(18)11-12-33-3)25-22(28)17-5-4-10-27(17)35(29,30)16-8-6-15(24)7-9-16/h6-9,13-14,17H,4-5,10-12H2,1-3H3. The number of aromatic nitrogens is 1. The van der Waals surface area contributed by atoms with Crippen LogP contribution >= 0.6 is 23.1 Å². The maximum atomic E-state index is 13.3. The molecule has 2 aromatic carbocycles. The van der Waals surface area contributed by atoms with Crippen LogP contribution in [0.25, 0.3) is 10.2 Å². The average Bonchev–Trinajstić information content (AvgIpc) is 3.47. The molecule has 188 valence electrons. The van der Waals surface area contributed by atoms with E-state index in [4.69, 9.17) is 9.47 Å².